The van der Waals surface area contributed by atoms with Crippen LogP contribution in [0.3, 0.4) is 0 Å². The number of nitrogens with one attached hydrogen (secondary N) is 1. The van der Waals surface area contributed by atoms with E-state index in [9.17, 15) is 9.90 Å². The smallest absolute Gasteiger partial charge is 0.261 e. The molecule has 2 N–H and O–H groups in total. The quantitative estimate of drug-likeness (QED) is 0.859. The largest absolute Gasteiger partial charge is 0.493 e. The van der Waals surface area contributed by atoms with Gasteiger partial charge in [0.15, 0.2) is 17.1 Å². The molecule has 23 heavy (non-hydrogen) atoms. The Morgan fingerprint density at radius 3 is 2.57 bits per heavy atom. The van der Waals surface area contributed by atoms with Gasteiger partial charge < -0.3 is 19.9 Å². The summed E-state index contributed by atoms with van der Waals surface area (Å²) >= 11 is 3.38. The van der Waals surface area contributed by atoms with Crippen LogP contribution in [0.1, 0.15) is 11.1 Å². The van der Waals surface area contributed by atoms with Gasteiger partial charge in [0.2, 0.25) is 0 Å². The average Bonchev–Trinajstić information content (AvgIpc) is 2.78. The predicted octanol–water partition coefficient (Wildman–Crippen LogP) is 2.85. The van der Waals surface area contributed by atoms with Crippen LogP contribution in [0.5, 0.6) is 11.5 Å². The van der Waals surface area contributed by atoms with Crippen molar-refractivity contribution < 1.29 is 19.4 Å². The van der Waals surface area contributed by atoms with Gasteiger partial charge in [0, 0.05) is 22.1 Å². The standard InChI is InChI=1S/C17H16BrNO4/c1-22-14-6-3-10(7-15(14)23-2)9-17(21)12-8-11(18)4-5-13(12)19-16(17)20/h3-8,21H,9H2,1-2H3,(H,19,20). The fourth-order valence-corrected chi connectivity index (χ4v) is 3.14. The van der Waals surface area contributed by atoms with E-state index in [0.717, 1.165) is 10.0 Å². The van der Waals surface area contributed by atoms with Gasteiger partial charge in [-0.3, -0.25) is 4.79 Å². The lowest BCUT2D eigenvalue weighted by molar-refractivity contribution is -0.133. The molecule has 1 aliphatic heterocycles. The van der Waals surface area contributed by atoms with E-state index in [-0.39, 0.29) is 6.42 Å². The molecule has 5 nitrogen and oxygen atoms in total. The van der Waals surface area contributed by atoms with E-state index in [2.05, 4.69) is 21.2 Å². The fraction of sp³-hybridized carbons (Fsp3) is 0.235. The molecule has 1 amide bonds. The Bertz CT molecular complexity index is 777. The minimum Gasteiger partial charge on any atom is -0.493 e. The minimum absolute atomic E-state index is 0.142. The summed E-state index contributed by atoms with van der Waals surface area (Å²) < 4.78 is 11.3. The minimum atomic E-state index is -1.61. The number of hydrogen-bond acceptors (Lipinski definition) is 4. The summed E-state index contributed by atoms with van der Waals surface area (Å²) in [6.07, 6.45) is 0.142. The molecule has 0 aromatic heterocycles. The number of methoxy groups -OCH3 is 2. The number of amides is 1. The van der Waals surface area contributed by atoms with Crippen molar-refractivity contribution in [2.24, 2.45) is 0 Å². The summed E-state index contributed by atoms with van der Waals surface area (Å²) in [5, 5.41) is 13.7. The fourth-order valence-electron chi connectivity index (χ4n) is 2.78. The molecule has 0 saturated heterocycles. The van der Waals surface area contributed by atoms with Crippen LogP contribution in [-0.2, 0) is 16.8 Å². The van der Waals surface area contributed by atoms with Crippen molar-refractivity contribution in [2.45, 2.75) is 12.0 Å². The number of hydrogen-bond donors (Lipinski definition) is 2. The van der Waals surface area contributed by atoms with Crippen molar-refractivity contribution >= 4 is 27.5 Å². The first-order chi connectivity index (χ1) is 11.0. The topological polar surface area (TPSA) is 67.8 Å². The summed E-state index contributed by atoms with van der Waals surface area (Å²) in [5.74, 6) is 0.726. The molecule has 0 saturated carbocycles. The zero-order valence-electron chi connectivity index (χ0n) is 12.7. The normalized spacial score (nSPS) is 19.2. The highest BCUT2D eigenvalue weighted by molar-refractivity contribution is 9.10. The third-order valence-corrected chi connectivity index (χ3v) is 4.45. The molecule has 2 aromatic rings. The lowest BCUT2D eigenvalue weighted by atomic mass is 9.88. The van der Waals surface area contributed by atoms with Crippen LogP contribution >= 0.6 is 15.9 Å². The van der Waals surface area contributed by atoms with Gasteiger partial charge in [0.25, 0.3) is 5.91 Å². The second-order valence-corrected chi connectivity index (χ2v) is 6.29. The van der Waals surface area contributed by atoms with E-state index >= 15 is 0 Å². The van der Waals surface area contributed by atoms with Crippen molar-refractivity contribution in [1.29, 1.82) is 0 Å². The number of carbonyl (C=O) groups excluding carboxylic acids is 1. The van der Waals surface area contributed by atoms with Crippen LogP contribution in [-0.4, -0.2) is 25.2 Å². The van der Waals surface area contributed by atoms with Crippen molar-refractivity contribution in [3.63, 3.8) is 0 Å². The molecule has 120 valence electrons. The number of anilines is 1. The lowest BCUT2D eigenvalue weighted by Crippen LogP contribution is -2.36. The van der Waals surface area contributed by atoms with Crippen molar-refractivity contribution in [3.05, 3.63) is 52.0 Å². The van der Waals surface area contributed by atoms with E-state index in [1.165, 1.54) is 0 Å². The van der Waals surface area contributed by atoms with Crippen molar-refractivity contribution in [2.75, 3.05) is 19.5 Å². The first-order valence-corrected chi connectivity index (χ1v) is 7.82. The third-order valence-electron chi connectivity index (χ3n) is 3.96. The van der Waals surface area contributed by atoms with E-state index in [0.29, 0.717) is 22.7 Å². The van der Waals surface area contributed by atoms with E-state index in [4.69, 9.17) is 9.47 Å². The predicted molar refractivity (Wildman–Crippen MR) is 89.9 cm³/mol. The van der Waals surface area contributed by atoms with E-state index < -0.39 is 11.5 Å². The molecule has 1 unspecified atom stereocenters. The van der Waals surface area contributed by atoms with Crippen LogP contribution in [0.25, 0.3) is 0 Å². The number of aliphatic hydroxyl groups is 1. The summed E-state index contributed by atoms with van der Waals surface area (Å²) in [6, 6.07) is 10.7. The summed E-state index contributed by atoms with van der Waals surface area (Å²) in [4.78, 5) is 12.3. The number of ether oxygens (including phenoxy) is 2. The van der Waals surface area contributed by atoms with Crippen LogP contribution in [0, 0.1) is 0 Å². The summed E-state index contributed by atoms with van der Waals surface area (Å²) in [7, 11) is 3.11. The summed E-state index contributed by atoms with van der Waals surface area (Å²) in [6.45, 7) is 0. The van der Waals surface area contributed by atoms with Crippen LogP contribution in [0.2, 0.25) is 0 Å². The van der Waals surface area contributed by atoms with Gasteiger partial charge in [0.05, 0.1) is 14.2 Å². The first-order valence-electron chi connectivity index (χ1n) is 7.02. The Morgan fingerprint density at radius 1 is 1.13 bits per heavy atom. The number of rotatable bonds is 4. The van der Waals surface area contributed by atoms with Crippen LogP contribution in [0.15, 0.2) is 40.9 Å². The molecule has 0 radical (unpaired) electrons. The van der Waals surface area contributed by atoms with Gasteiger partial charge >= 0.3 is 0 Å². The second-order valence-electron chi connectivity index (χ2n) is 5.37. The number of benzene rings is 2. The van der Waals surface area contributed by atoms with E-state index in [1.807, 2.05) is 12.1 Å². The third kappa shape index (κ3) is 2.68. The van der Waals surface area contributed by atoms with Crippen LogP contribution in [0.4, 0.5) is 5.69 Å². The second kappa shape index (κ2) is 5.86. The first kappa shape index (κ1) is 15.8. The monoisotopic (exact) mass is 377 g/mol. The maximum atomic E-state index is 12.3. The Balaban J connectivity index is 1.99. The number of carbonyl (C=O) groups is 1. The molecular formula is C17H16BrNO4. The molecule has 2 aromatic carbocycles. The maximum absolute atomic E-state index is 12.3. The molecule has 3 rings (SSSR count). The van der Waals surface area contributed by atoms with Crippen LogP contribution < -0.4 is 14.8 Å². The zero-order chi connectivity index (χ0) is 16.6. The summed E-state index contributed by atoms with van der Waals surface area (Å²) in [5.41, 5.74) is 0.347. The van der Waals surface area contributed by atoms with Gasteiger partial charge in [-0.2, -0.15) is 0 Å². The molecule has 1 heterocycles. The Morgan fingerprint density at radius 2 is 1.87 bits per heavy atom. The molecule has 0 aliphatic carbocycles. The van der Waals surface area contributed by atoms with Gasteiger partial charge in [-0.25, -0.2) is 0 Å². The molecular weight excluding hydrogens is 362 g/mol. The van der Waals surface area contributed by atoms with Gasteiger partial charge in [-0.15, -0.1) is 0 Å². The van der Waals surface area contributed by atoms with Crippen molar-refractivity contribution in [3.8, 4) is 11.5 Å². The molecule has 0 fully saturated rings. The highest BCUT2D eigenvalue weighted by Crippen LogP contribution is 2.40. The van der Waals surface area contributed by atoms with E-state index in [1.54, 1.807) is 38.5 Å². The zero-order valence-corrected chi connectivity index (χ0v) is 14.3. The Labute approximate surface area is 142 Å². The van der Waals surface area contributed by atoms with Crippen molar-refractivity contribution in [1.82, 2.24) is 0 Å². The molecule has 1 atom stereocenters. The maximum Gasteiger partial charge on any atom is 0.261 e. The molecule has 0 bridgehead atoms. The average molecular weight is 378 g/mol. The molecule has 0 spiro atoms. The SMILES string of the molecule is COc1ccc(CC2(O)C(=O)Nc3ccc(Br)cc32)cc1OC. The van der Waals surface area contributed by atoms with Gasteiger partial charge in [-0.05, 0) is 35.9 Å². The Hall–Kier alpha value is -2.05. The lowest BCUT2D eigenvalue weighted by Gasteiger charge is -2.21. The highest BCUT2D eigenvalue weighted by Gasteiger charge is 2.45. The number of fused-ring (bicyclic) bond motifs is 1. The molecule has 6 heteroatoms. The Kier molecular flexibility index (Phi) is 4.04. The highest BCUT2D eigenvalue weighted by atomic mass is 79.9. The van der Waals surface area contributed by atoms with Gasteiger partial charge in [0.1, 0.15) is 0 Å². The molecule has 1 aliphatic rings. The number of halogens is 1. The van der Waals surface area contributed by atoms with Gasteiger partial charge in [-0.1, -0.05) is 22.0 Å².